The third-order valence-electron chi connectivity index (χ3n) is 4.54. The Balaban J connectivity index is 1.63. The Labute approximate surface area is 177 Å². The number of anilines is 1. The Morgan fingerprint density at radius 3 is 2.62 bits per heavy atom. The Morgan fingerprint density at radius 1 is 1.07 bits per heavy atom. The van der Waals surface area contributed by atoms with E-state index in [1.807, 2.05) is 18.2 Å². The molecule has 8 nitrogen and oxygen atoms in total. The molecule has 1 aliphatic rings. The lowest BCUT2D eigenvalue weighted by molar-refractivity contribution is 0.122. The first-order valence-electron chi connectivity index (χ1n) is 9.04. The van der Waals surface area contributed by atoms with Crippen LogP contribution >= 0.6 is 23.4 Å². The second-order valence-electron chi connectivity index (χ2n) is 6.27. The summed E-state index contributed by atoms with van der Waals surface area (Å²) in [6.45, 7) is 2.77. The summed E-state index contributed by atoms with van der Waals surface area (Å²) in [5.74, 6) is 2.79. The molecular formula is C19H20ClN5O3S. The van der Waals surface area contributed by atoms with Crippen molar-refractivity contribution >= 4 is 40.2 Å². The number of fused-ring (bicyclic) bond motifs is 1. The van der Waals surface area contributed by atoms with Gasteiger partial charge in [-0.3, -0.25) is 0 Å². The predicted molar refractivity (Wildman–Crippen MR) is 112 cm³/mol. The molecule has 0 spiro atoms. The zero-order valence-corrected chi connectivity index (χ0v) is 17.7. The average Bonchev–Trinajstić information content (AvgIpc) is 2.77. The third kappa shape index (κ3) is 4.31. The van der Waals surface area contributed by atoms with Crippen LogP contribution in [0.4, 0.5) is 5.82 Å². The molecule has 29 heavy (non-hydrogen) atoms. The molecule has 1 aliphatic heterocycles. The molecule has 0 atom stereocenters. The van der Waals surface area contributed by atoms with Gasteiger partial charge in [0.15, 0.2) is 17.3 Å². The van der Waals surface area contributed by atoms with E-state index in [2.05, 4.69) is 24.8 Å². The number of ether oxygens (including phenoxy) is 3. The van der Waals surface area contributed by atoms with E-state index in [1.165, 1.54) is 0 Å². The van der Waals surface area contributed by atoms with E-state index in [0.29, 0.717) is 41.5 Å². The summed E-state index contributed by atoms with van der Waals surface area (Å²) in [4.78, 5) is 19.8. The van der Waals surface area contributed by atoms with Gasteiger partial charge in [-0.2, -0.15) is 4.98 Å². The molecule has 1 fully saturated rings. The van der Waals surface area contributed by atoms with Crippen molar-refractivity contribution in [2.45, 2.75) is 10.8 Å². The smallest absolute Gasteiger partial charge is 0.225 e. The molecule has 3 heterocycles. The minimum atomic E-state index is 0.182. The topological polar surface area (TPSA) is 82.5 Å². The first kappa shape index (κ1) is 19.9. The standard InChI is InChI=1S/C19H20ClN5O3S/c1-26-13-4-3-12(9-14(13)27-2)10-29-18-16-15(21-11-22-18)17(24-19(20)23-16)25-5-7-28-8-6-25/h3-4,9,11H,5-8,10H2,1-2H3. The number of thioether (sulfide) groups is 1. The van der Waals surface area contributed by atoms with Gasteiger partial charge < -0.3 is 19.1 Å². The summed E-state index contributed by atoms with van der Waals surface area (Å²) in [6.07, 6.45) is 1.54. The van der Waals surface area contributed by atoms with Crippen molar-refractivity contribution in [1.29, 1.82) is 0 Å². The fourth-order valence-electron chi connectivity index (χ4n) is 3.11. The van der Waals surface area contributed by atoms with Crippen LogP contribution in [0.3, 0.4) is 0 Å². The van der Waals surface area contributed by atoms with Crippen molar-refractivity contribution < 1.29 is 14.2 Å². The normalized spacial score (nSPS) is 14.2. The van der Waals surface area contributed by atoms with Crippen LogP contribution in [0.15, 0.2) is 29.6 Å². The number of aromatic nitrogens is 4. The number of hydrogen-bond acceptors (Lipinski definition) is 9. The van der Waals surface area contributed by atoms with Crippen LogP contribution in [-0.2, 0) is 10.5 Å². The van der Waals surface area contributed by atoms with Crippen LogP contribution in [0, 0.1) is 0 Å². The molecule has 0 bridgehead atoms. The van der Waals surface area contributed by atoms with E-state index in [1.54, 1.807) is 32.3 Å². The molecule has 10 heteroatoms. The molecule has 0 unspecified atom stereocenters. The lowest BCUT2D eigenvalue weighted by atomic mass is 10.2. The Hall–Kier alpha value is -2.36. The number of nitrogens with zero attached hydrogens (tertiary/aromatic N) is 5. The SMILES string of the molecule is COc1ccc(CSc2ncnc3c(N4CCOCC4)nc(Cl)nc23)cc1OC. The second kappa shape index (κ2) is 8.98. The third-order valence-corrected chi connectivity index (χ3v) is 5.76. The maximum Gasteiger partial charge on any atom is 0.225 e. The van der Waals surface area contributed by atoms with E-state index in [-0.39, 0.29) is 5.28 Å². The Bertz CT molecular complexity index is 1020. The summed E-state index contributed by atoms with van der Waals surface area (Å²) in [5.41, 5.74) is 2.42. The van der Waals surface area contributed by atoms with Crippen LogP contribution in [0.25, 0.3) is 11.0 Å². The molecule has 0 saturated carbocycles. The lowest BCUT2D eigenvalue weighted by Crippen LogP contribution is -2.37. The van der Waals surface area contributed by atoms with Gasteiger partial charge in [0.05, 0.1) is 27.4 Å². The number of methoxy groups -OCH3 is 2. The quantitative estimate of drug-likeness (QED) is 0.330. The lowest BCUT2D eigenvalue weighted by Gasteiger charge is -2.28. The van der Waals surface area contributed by atoms with Crippen LogP contribution in [-0.4, -0.2) is 60.5 Å². The van der Waals surface area contributed by atoms with E-state index < -0.39 is 0 Å². The second-order valence-corrected chi connectivity index (χ2v) is 7.57. The number of morpholine rings is 1. The number of rotatable bonds is 6. The fourth-order valence-corrected chi connectivity index (χ4v) is 4.16. The molecule has 0 radical (unpaired) electrons. The maximum absolute atomic E-state index is 6.23. The monoisotopic (exact) mass is 433 g/mol. The average molecular weight is 434 g/mol. The summed E-state index contributed by atoms with van der Waals surface area (Å²) >= 11 is 7.79. The van der Waals surface area contributed by atoms with Gasteiger partial charge >= 0.3 is 0 Å². The van der Waals surface area contributed by atoms with Crippen molar-refractivity contribution in [2.75, 3.05) is 45.4 Å². The molecule has 0 N–H and O–H groups in total. The molecule has 0 aliphatic carbocycles. The van der Waals surface area contributed by atoms with Gasteiger partial charge in [-0.05, 0) is 29.3 Å². The summed E-state index contributed by atoms with van der Waals surface area (Å²) in [5, 5.41) is 0.936. The van der Waals surface area contributed by atoms with E-state index in [4.69, 9.17) is 25.8 Å². The molecule has 0 amide bonds. The molecule has 2 aromatic heterocycles. The van der Waals surface area contributed by atoms with Gasteiger partial charge in [0.25, 0.3) is 0 Å². The zero-order chi connectivity index (χ0) is 20.2. The van der Waals surface area contributed by atoms with Crippen LogP contribution in [0.2, 0.25) is 5.28 Å². The van der Waals surface area contributed by atoms with E-state index >= 15 is 0 Å². The first-order chi connectivity index (χ1) is 14.2. The maximum atomic E-state index is 6.23. The first-order valence-corrected chi connectivity index (χ1v) is 10.4. The zero-order valence-electron chi connectivity index (χ0n) is 16.1. The van der Waals surface area contributed by atoms with Gasteiger partial charge in [-0.1, -0.05) is 17.8 Å². The number of halogens is 1. The largest absolute Gasteiger partial charge is 0.493 e. The predicted octanol–water partition coefficient (Wildman–Crippen LogP) is 3.22. The highest BCUT2D eigenvalue weighted by atomic mass is 35.5. The van der Waals surface area contributed by atoms with E-state index in [0.717, 1.165) is 29.5 Å². The van der Waals surface area contributed by atoms with Crippen molar-refractivity contribution in [3.05, 3.63) is 35.4 Å². The molecule has 3 aromatic rings. The Morgan fingerprint density at radius 2 is 1.86 bits per heavy atom. The summed E-state index contributed by atoms with van der Waals surface area (Å²) in [6, 6.07) is 5.84. The van der Waals surface area contributed by atoms with Gasteiger partial charge in [0.2, 0.25) is 5.28 Å². The molecule has 4 rings (SSSR count). The van der Waals surface area contributed by atoms with Crippen molar-refractivity contribution in [3.8, 4) is 11.5 Å². The summed E-state index contributed by atoms with van der Waals surface area (Å²) < 4.78 is 16.1. The van der Waals surface area contributed by atoms with Gasteiger partial charge in [-0.25, -0.2) is 15.0 Å². The van der Waals surface area contributed by atoms with Crippen LogP contribution < -0.4 is 14.4 Å². The van der Waals surface area contributed by atoms with Crippen molar-refractivity contribution in [3.63, 3.8) is 0 Å². The highest BCUT2D eigenvalue weighted by Gasteiger charge is 2.20. The van der Waals surface area contributed by atoms with Gasteiger partial charge in [-0.15, -0.1) is 0 Å². The molecule has 152 valence electrons. The minimum Gasteiger partial charge on any atom is -0.493 e. The molecule has 1 aromatic carbocycles. The van der Waals surface area contributed by atoms with Crippen LogP contribution in [0.1, 0.15) is 5.56 Å². The highest BCUT2D eigenvalue weighted by Crippen LogP contribution is 2.33. The Kier molecular flexibility index (Phi) is 6.17. The fraction of sp³-hybridized carbons (Fsp3) is 0.368. The van der Waals surface area contributed by atoms with Crippen molar-refractivity contribution in [1.82, 2.24) is 19.9 Å². The van der Waals surface area contributed by atoms with Gasteiger partial charge in [0, 0.05) is 18.8 Å². The number of benzene rings is 1. The minimum absolute atomic E-state index is 0.182. The summed E-state index contributed by atoms with van der Waals surface area (Å²) in [7, 11) is 3.24. The molecular weight excluding hydrogens is 414 g/mol. The van der Waals surface area contributed by atoms with Crippen molar-refractivity contribution in [2.24, 2.45) is 0 Å². The van der Waals surface area contributed by atoms with Gasteiger partial charge in [0.1, 0.15) is 22.4 Å². The van der Waals surface area contributed by atoms with Crippen LogP contribution in [0.5, 0.6) is 11.5 Å². The molecule has 1 saturated heterocycles. The number of hydrogen-bond donors (Lipinski definition) is 0. The highest BCUT2D eigenvalue weighted by molar-refractivity contribution is 7.98. The van der Waals surface area contributed by atoms with E-state index in [9.17, 15) is 0 Å².